The van der Waals surface area contributed by atoms with E-state index < -0.39 is 0 Å². The fourth-order valence-electron chi connectivity index (χ4n) is 2.46. The molecule has 0 aliphatic carbocycles. The molecule has 0 saturated heterocycles. The third-order valence-corrected chi connectivity index (χ3v) is 5.01. The average molecular weight is 554 g/mol. The third-order valence-electron chi connectivity index (χ3n) is 3.77. The molecule has 0 N–H and O–H groups in total. The van der Waals surface area contributed by atoms with E-state index >= 15 is 0 Å². The molecule has 25 heavy (non-hydrogen) atoms. The molecule has 0 aliphatic heterocycles. The van der Waals surface area contributed by atoms with Crippen molar-refractivity contribution < 1.29 is 4.74 Å². The van der Waals surface area contributed by atoms with Crippen molar-refractivity contribution in [3.05, 3.63) is 71.8 Å². The lowest BCUT2D eigenvalue weighted by Gasteiger charge is -2.08. The first kappa shape index (κ1) is 20.1. The molecule has 0 bridgehead atoms. The predicted octanol–water partition coefficient (Wildman–Crippen LogP) is 6.14. The molecule has 128 valence electrons. The first-order chi connectivity index (χ1) is 12.3. The van der Waals surface area contributed by atoms with Gasteiger partial charge in [-0.15, -0.1) is 0 Å². The predicted molar refractivity (Wildman–Crippen MR) is 122 cm³/mol. The molecular formula is C22H20I2O. The molecule has 0 amide bonds. The van der Waals surface area contributed by atoms with Crippen molar-refractivity contribution in [1.82, 2.24) is 0 Å². The normalized spacial score (nSPS) is 12.1. The Balaban J connectivity index is 2.01. The number of halogens is 2. The number of rotatable bonds is 6. The summed E-state index contributed by atoms with van der Waals surface area (Å²) in [5, 5.41) is 0. The Bertz CT molecular complexity index is 670. The second kappa shape index (κ2) is 12.2. The highest BCUT2D eigenvalue weighted by Gasteiger charge is 2.08. The van der Waals surface area contributed by atoms with Crippen LogP contribution in [0.1, 0.15) is 35.8 Å². The molecule has 0 radical (unpaired) electrons. The van der Waals surface area contributed by atoms with E-state index in [1.165, 1.54) is 11.1 Å². The first-order valence-electron chi connectivity index (χ1n) is 8.24. The van der Waals surface area contributed by atoms with Crippen LogP contribution in [0.15, 0.2) is 60.7 Å². The molecule has 3 heteroatoms. The summed E-state index contributed by atoms with van der Waals surface area (Å²) in [5.74, 6) is 6.79. The van der Waals surface area contributed by atoms with Gasteiger partial charge in [0.05, 0.1) is 0 Å². The van der Waals surface area contributed by atoms with Crippen LogP contribution < -0.4 is 0 Å². The van der Waals surface area contributed by atoms with E-state index in [0.29, 0.717) is 0 Å². The van der Waals surface area contributed by atoms with Gasteiger partial charge in [0.25, 0.3) is 0 Å². The van der Waals surface area contributed by atoms with Gasteiger partial charge in [0.15, 0.2) is 0 Å². The molecular weight excluding hydrogens is 534 g/mol. The van der Waals surface area contributed by atoms with Gasteiger partial charge in [-0.3, -0.25) is 0 Å². The monoisotopic (exact) mass is 554 g/mol. The van der Waals surface area contributed by atoms with Crippen molar-refractivity contribution in [2.75, 3.05) is 8.86 Å². The highest BCUT2D eigenvalue weighted by Crippen LogP contribution is 2.20. The summed E-state index contributed by atoms with van der Waals surface area (Å²) in [7, 11) is 0. The quantitative estimate of drug-likeness (QED) is 0.237. The Labute approximate surface area is 178 Å². The summed E-state index contributed by atoms with van der Waals surface area (Å²) in [6.07, 6.45) is 7.60. The lowest BCUT2D eigenvalue weighted by Crippen LogP contribution is -1.97. The smallest absolute Gasteiger partial charge is 0.130 e. The SMILES string of the molecule is ICCC(C#COC#CC(CCI)c1ccccc1)c1ccccc1. The van der Waals surface area contributed by atoms with Crippen LogP contribution >= 0.6 is 45.2 Å². The summed E-state index contributed by atoms with van der Waals surface area (Å²) in [6.45, 7) is 0. The van der Waals surface area contributed by atoms with Crippen molar-refractivity contribution in [2.45, 2.75) is 24.7 Å². The van der Waals surface area contributed by atoms with E-state index in [1.54, 1.807) is 0 Å². The summed E-state index contributed by atoms with van der Waals surface area (Å²) >= 11 is 4.77. The van der Waals surface area contributed by atoms with Gasteiger partial charge in [-0.05, 0) is 24.0 Å². The van der Waals surface area contributed by atoms with Crippen LogP contribution in [0, 0.1) is 24.1 Å². The minimum absolute atomic E-state index is 0.194. The zero-order chi connectivity index (χ0) is 17.7. The zero-order valence-electron chi connectivity index (χ0n) is 13.9. The molecule has 0 fully saturated rings. The van der Waals surface area contributed by atoms with Crippen molar-refractivity contribution in [1.29, 1.82) is 0 Å². The highest BCUT2D eigenvalue weighted by atomic mass is 127. The van der Waals surface area contributed by atoms with Gasteiger partial charge < -0.3 is 4.74 Å². The molecule has 2 unspecified atom stereocenters. The fourth-order valence-corrected chi connectivity index (χ4v) is 3.71. The molecule has 0 heterocycles. The van der Waals surface area contributed by atoms with Gasteiger partial charge in [0.2, 0.25) is 0 Å². The number of hydrogen-bond acceptors (Lipinski definition) is 1. The molecule has 0 saturated carbocycles. The Morgan fingerprint density at radius 3 is 1.44 bits per heavy atom. The van der Waals surface area contributed by atoms with Crippen LogP contribution in [0.25, 0.3) is 0 Å². The van der Waals surface area contributed by atoms with Gasteiger partial charge in [-0.2, -0.15) is 0 Å². The summed E-state index contributed by atoms with van der Waals surface area (Å²) < 4.78 is 7.42. The maximum Gasteiger partial charge on any atom is 0.130 e. The van der Waals surface area contributed by atoms with E-state index in [0.717, 1.165) is 21.7 Å². The largest absolute Gasteiger partial charge is 0.357 e. The molecule has 0 spiro atoms. The Morgan fingerprint density at radius 1 is 0.680 bits per heavy atom. The molecule has 0 aromatic heterocycles. The van der Waals surface area contributed by atoms with E-state index in [9.17, 15) is 0 Å². The van der Waals surface area contributed by atoms with Crippen molar-refractivity contribution in [3.8, 4) is 24.1 Å². The van der Waals surface area contributed by atoms with Gasteiger partial charge in [-0.25, -0.2) is 0 Å². The van der Waals surface area contributed by atoms with Crippen LogP contribution in [0.2, 0.25) is 0 Å². The molecule has 2 rings (SSSR count). The van der Waals surface area contributed by atoms with Gasteiger partial charge >= 0.3 is 0 Å². The molecule has 1 nitrogen and oxygen atoms in total. The summed E-state index contributed by atoms with van der Waals surface area (Å²) in [5.41, 5.74) is 2.46. The minimum atomic E-state index is 0.194. The fraction of sp³-hybridized carbons (Fsp3) is 0.273. The van der Waals surface area contributed by atoms with Crippen LogP contribution in [0.5, 0.6) is 0 Å². The second-order valence-electron chi connectivity index (χ2n) is 5.48. The van der Waals surface area contributed by atoms with Gasteiger partial charge in [-0.1, -0.05) is 118 Å². The van der Waals surface area contributed by atoms with Crippen LogP contribution in [0.4, 0.5) is 0 Å². The van der Waals surface area contributed by atoms with Crippen LogP contribution in [-0.2, 0) is 4.74 Å². The maximum absolute atomic E-state index is 5.30. The minimum Gasteiger partial charge on any atom is -0.357 e. The molecule has 2 aromatic rings. The van der Waals surface area contributed by atoms with Gasteiger partial charge in [0, 0.05) is 20.7 Å². The summed E-state index contributed by atoms with van der Waals surface area (Å²) in [4.78, 5) is 0. The van der Waals surface area contributed by atoms with E-state index in [1.807, 2.05) is 36.4 Å². The Hall–Kier alpha value is -1.18. The molecule has 2 aromatic carbocycles. The van der Waals surface area contributed by atoms with E-state index in [2.05, 4.69) is 93.5 Å². The number of benzene rings is 2. The van der Waals surface area contributed by atoms with Gasteiger partial charge in [0.1, 0.15) is 12.2 Å². The van der Waals surface area contributed by atoms with Crippen molar-refractivity contribution in [2.24, 2.45) is 0 Å². The molecule has 0 aliphatic rings. The summed E-state index contributed by atoms with van der Waals surface area (Å²) in [6, 6.07) is 20.7. The van der Waals surface area contributed by atoms with E-state index in [-0.39, 0.29) is 11.8 Å². The average Bonchev–Trinajstić information content (AvgIpc) is 2.67. The third kappa shape index (κ3) is 7.30. The molecule has 2 atom stereocenters. The lowest BCUT2D eigenvalue weighted by molar-refractivity contribution is 0.475. The maximum atomic E-state index is 5.30. The first-order valence-corrected chi connectivity index (χ1v) is 11.3. The van der Waals surface area contributed by atoms with Crippen molar-refractivity contribution >= 4 is 45.2 Å². The number of hydrogen-bond donors (Lipinski definition) is 0. The highest BCUT2D eigenvalue weighted by molar-refractivity contribution is 14.1. The van der Waals surface area contributed by atoms with Crippen molar-refractivity contribution in [3.63, 3.8) is 0 Å². The lowest BCUT2D eigenvalue weighted by atomic mass is 9.97. The van der Waals surface area contributed by atoms with Crippen LogP contribution in [0.3, 0.4) is 0 Å². The zero-order valence-corrected chi connectivity index (χ0v) is 18.2. The number of ether oxygens (including phenoxy) is 1. The Morgan fingerprint density at radius 2 is 1.08 bits per heavy atom. The second-order valence-corrected chi connectivity index (χ2v) is 7.63. The van der Waals surface area contributed by atoms with Crippen LogP contribution in [-0.4, -0.2) is 8.86 Å². The topological polar surface area (TPSA) is 9.23 Å². The standard InChI is InChI=1S/C22H20I2O/c23-15-11-21(19-7-3-1-4-8-19)13-17-25-18-14-22(12-16-24)20-9-5-2-6-10-20/h1-10,21-22H,11-12,15-16H2. The number of alkyl halides is 2. The Kier molecular flexibility index (Phi) is 9.84. The van der Waals surface area contributed by atoms with E-state index in [4.69, 9.17) is 4.74 Å².